The number of nitrogens with one attached hydrogen (secondary N) is 1. The van der Waals surface area contributed by atoms with Crippen molar-refractivity contribution in [2.75, 3.05) is 13.6 Å². The zero-order valence-corrected chi connectivity index (χ0v) is 10.6. The SMILES string of the molecule is CN(CC1CC1)C(=O)Cc1c[nH]c2ccccc12. The first-order valence-corrected chi connectivity index (χ1v) is 6.53. The van der Waals surface area contributed by atoms with E-state index in [4.69, 9.17) is 0 Å². The Kier molecular flexibility index (Phi) is 2.82. The third-order valence-corrected chi connectivity index (χ3v) is 3.67. The Bertz CT molecular complexity index is 569. The number of para-hydroxylation sites is 1. The Hall–Kier alpha value is -1.77. The largest absolute Gasteiger partial charge is 0.361 e. The first-order chi connectivity index (χ1) is 8.74. The van der Waals surface area contributed by atoms with Crippen LogP contribution in [0.5, 0.6) is 0 Å². The molecule has 1 aliphatic rings. The van der Waals surface area contributed by atoms with Gasteiger partial charge < -0.3 is 9.88 Å². The molecule has 0 unspecified atom stereocenters. The summed E-state index contributed by atoms with van der Waals surface area (Å²) in [6.07, 6.45) is 5.01. The summed E-state index contributed by atoms with van der Waals surface area (Å²) < 4.78 is 0. The number of hydrogen-bond donors (Lipinski definition) is 1. The molecule has 94 valence electrons. The van der Waals surface area contributed by atoms with Crippen molar-refractivity contribution in [2.24, 2.45) is 5.92 Å². The van der Waals surface area contributed by atoms with E-state index in [0.29, 0.717) is 6.42 Å². The van der Waals surface area contributed by atoms with Crippen LogP contribution >= 0.6 is 0 Å². The van der Waals surface area contributed by atoms with E-state index >= 15 is 0 Å². The van der Waals surface area contributed by atoms with E-state index in [1.54, 1.807) is 0 Å². The molecular weight excluding hydrogens is 224 g/mol. The first kappa shape index (κ1) is 11.3. The van der Waals surface area contributed by atoms with Crippen LogP contribution in [0.2, 0.25) is 0 Å². The molecule has 1 aromatic heterocycles. The van der Waals surface area contributed by atoms with Gasteiger partial charge in [0, 0.05) is 30.7 Å². The molecule has 1 heterocycles. The lowest BCUT2D eigenvalue weighted by molar-refractivity contribution is -0.129. The predicted octanol–water partition coefficient (Wildman–Crippen LogP) is 2.58. The molecule has 2 aromatic rings. The Balaban J connectivity index is 1.73. The van der Waals surface area contributed by atoms with E-state index in [-0.39, 0.29) is 5.91 Å². The smallest absolute Gasteiger partial charge is 0.226 e. The first-order valence-electron chi connectivity index (χ1n) is 6.53. The number of H-pyrrole nitrogens is 1. The third kappa shape index (κ3) is 2.26. The quantitative estimate of drug-likeness (QED) is 0.879. The second-order valence-electron chi connectivity index (χ2n) is 5.25. The Morgan fingerprint density at radius 1 is 1.39 bits per heavy atom. The number of amides is 1. The predicted molar refractivity (Wildman–Crippen MR) is 72.4 cm³/mol. The number of rotatable bonds is 4. The summed E-state index contributed by atoms with van der Waals surface area (Å²) in [6.45, 7) is 0.918. The number of carbonyl (C=O) groups excluding carboxylic acids is 1. The van der Waals surface area contributed by atoms with Crippen LogP contribution in [0.1, 0.15) is 18.4 Å². The highest BCUT2D eigenvalue weighted by Crippen LogP contribution is 2.29. The van der Waals surface area contributed by atoms with Crippen LogP contribution in [-0.2, 0) is 11.2 Å². The van der Waals surface area contributed by atoms with E-state index < -0.39 is 0 Å². The topological polar surface area (TPSA) is 36.1 Å². The maximum atomic E-state index is 12.1. The summed E-state index contributed by atoms with van der Waals surface area (Å²) in [4.78, 5) is 17.2. The van der Waals surface area contributed by atoms with Crippen molar-refractivity contribution < 1.29 is 4.79 Å². The normalized spacial score (nSPS) is 14.9. The van der Waals surface area contributed by atoms with Crippen LogP contribution in [0.25, 0.3) is 10.9 Å². The highest BCUT2D eigenvalue weighted by atomic mass is 16.2. The molecule has 1 N–H and O–H groups in total. The zero-order chi connectivity index (χ0) is 12.5. The molecule has 0 bridgehead atoms. The van der Waals surface area contributed by atoms with Gasteiger partial charge in [0.1, 0.15) is 0 Å². The second-order valence-corrected chi connectivity index (χ2v) is 5.25. The summed E-state index contributed by atoms with van der Waals surface area (Å²) in [5.74, 6) is 0.966. The number of aromatic amines is 1. The van der Waals surface area contributed by atoms with Crippen molar-refractivity contribution in [3.63, 3.8) is 0 Å². The average Bonchev–Trinajstić information content (AvgIpc) is 3.10. The fourth-order valence-electron chi connectivity index (χ4n) is 2.37. The molecule has 1 aromatic carbocycles. The average molecular weight is 242 g/mol. The van der Waals surface area contributed by atoms with Gasteiger partial charge in [0.15, 0.2) is 0 Å². The fourth-order valence-corrected chi connectivity index (χ4v) is 2.37. The van der Waals surface area contributed by atoms with Gasteiger partial charge in [-0.3, -0.25) is 4.79 Å². The van der Waals surface area contributed by atoms with Crippen LogP contribution in [-0.4, -0.2) is 29.4 Å². The molecule has 0 spiro atoms. The number of benzene rings is 1. The lowest BCUT2D eigenvalue weighted by Crippen LogP contribution is -2.30. The number of fused-ring (bicyclic) bond motifs is 1. The summed E-state index contributed by atoms with van der Waals surface area (Å²) in [6, 6.07) is 8.12. The molecule has 3 rings (SSSR count). The molecule has 18 heavy (non-hydrogen) atoms. The van der Waals surface area contributed by atoms with Crippen LogP contribution in [0.3, 0.4) is 0 Å². The summed E-state index contributed by atoms with van der Waals surface area (Å²) in [5, 5.41) is 1.16. The highest BCUT2D eigenvalue weighted by molar-refractivity contribution is 5.88. The van der Waals surface area contributed by atoms with Gasteiger partial charge in [0.2, 0.25) is 5.91 Å². The Morgan fingerprint density at radius 2 is 2.17 bits per heavy atom. The van der Waals surface area contributed by atoms with Crippen molar-refractivity contribution in [3.05, 3.63) is 36.0 Å². The minimum Gasteiger partial charge on any atom is -0.361 e. The van der Waals surface area contributed by atoms with Gasteiger partial charge in [-0.2, -0.15) is 0 Å². The number of hydrogen-bond acceptors (Lipinski definition) is 1. The van der Waals surface area contributed by atoms with E-state index in [1.807, 2.05) is 36.3 Å². The molecule has 1 saturated carbocycles. The number of carbonyl (C=O) groups is 1. The van der Waals surface area contributed by atoms with Gasteiger partial charge >= 0.3 is 0 Å². The number of aromatic nitrogens is 1. The van der Waals surface area contributed by atoms with E-state index in [1.165, 1.54) is 12.8 Å². The van der Waals surface area contributed by atoms with Crippen molar-refractivity contribution in [1.82, 2.24) is 9.88 Å². The molecule has 3 nitrogen and oxygen atoms in total. The van der Waals surface area contributed by atoms with Gasteiger partial charge in [-0.05, 0) is 30.4 Å². The summed E-state index contributed by atoms with van der Waals surface area (Å²) in [7, 11) is 1.91. The monoisotopic (exact) mass is 242 g/mol. The standard InChI is InChI=1S/C15H18N2O/c1-17(10-11-6-7-11)15(18)8-12-9-16-14-5-3-2-4-13(12)14/h2-5,9,11,16H,6-8,10H2,1H3. The fraction of sp³-hybridized carbons (Fsp3) is 0.400. The van der Waals surface area contributed by atoms with Gasteiger partial charge in [-0.25, -0.2) is 0 Å². The van der Waals surface area contributed by atoms with Crippen LogP contribution < -0.4 is 0 Å². The van der Waals surface area contributed by atoms with Crippen LogP contribution in [0.15, 0.2) is 30.5 Å². The third-order valence-electron chi connectivity index (χ3n) is 3.67. The van der Waals surface area contributed by atoms with Crippen LogP contribution in [0.4, 0.5) is 0 Å². The van der Waals surface area contributed by atoms with Crippen molar-refractivity contribution in [2.45, 2.75) is 19.3 Å². The maximum absolute atomic E-state index is 12.1. The Labute approximate surface area is 107 Å². The molecule has 3 heteroatoms. The highest BCUT2D eigenvalue weighted by Gasteiger charge is 2.24. The minimum absolute atomic E-state index is 0.214. The minimum atomic E-state index is 0.214. The lowest BCUT2D eigenvalue weighted by atomic mass is 10.1. The maximum Gasteiger partial charge on any atom is 0.226 e. The van der Waals surface area contributed by atoms with Gasteiger partial charge in [0.25, 0.3) is 0 Å². The molecular formula is C15H18N2O. The van der Waals surface area contributed by atoms with Gasteiger partial charge in [0.05, 0.1) is 6.42 Å². The zero-order valence-electron chi connectivity index (χ0n) is 10.6. The van der Waals surface area contributed by atoms with E-state index in [9.17, 15) is 4.79 Å². The summed E-state index contributed by atoms with van der Waals surface area (Å²) in [5.41, 5.74) is 2.20. The molecule has 1 fully saturated rings. The van der Waals surface area contributed by atoms with E-state index in [2.05, 4.69) is 11.1 Å². The molecule has 1 amide bonds. The molecule has 1 aliphatic carbocycles. The molecule has 0 saturated heterocycles. The number of nitrogens with zero attached hydrogens (tertiary/aromatic N) is 1. The summed E-state index contributed by atoms with van der Waals surface area (Å²) >= 11 is 0. The van der Waals surface area contributed by atoms with Crippen molar-refractivity contribution in [1.29, 1.82) is 0 Å². The van der Waals surface area contributed by atoms with Crippen molar-refractivity contribution in [3.8, 4) is 0 Å². The van der Waals surface area contributed by atoms with Gasteiger partial charge in [-0.15, -0.1) is 0 Å². The molecule has 0 radical (unpaired) electrons. The van der Waals surface area contributed by atoms with Gasteiger partial charge in [-0.1, -0.05) is 18.2 Å². The van der Waals surface area contributed by atoms with Crippen LogP contribution in [0, 0.1) is 5.92 Å². The lowest BCUT2D eigenvalue weighted by Gasteiger charge is -2.16. The Morgan fingerprint density at radius 3 is 2.94 bits per heavy atom. The molecule has 0 atom stereocenters. The van der Waals surface area contributed by atoms with Crippen molar-refractivity contribution >= 4 is 16.8 Å². The van der Waals surface area contributed by atoms with E-state index in [0.717, 1.165) is 28.9 Å². The molecule has 0 aliphatic heterocycles. The second kappa shape index (κ2) is 4.48. The number of likely N-dealkylation sites (N-methyl/N-ethyl adjacent to an activating group) is 1.